The minimum atomic E-state index is -0.372. The average Bonchev–Trinajstić information content (AvgIpc) is 1.95. The molecule has 0 radical (unpaired) electrons. The maximum atomic E-state index is 12.0. The van der Waals surface area contributed by atoms with Gasteiger partial charge in [0.05, 0.1) is 5.92 Å². The molecule has 2 fully saturated rings. The summed E-state index contributed by atoms with van der Waals surface area (Å²) in [5.41, 5.74) is -0.120. The van der Waals surface area contributed by atoms with Crippen LogP contribution < -0.4 is 5.32 Å². The van der Waals surface area contributed by atoms with Crippen molar-refractivity contribution in [1.82, 2.24) is 5.32 Å². The van der Waals surface area contributed by atoms with Gasteiger partial charge in [0.15, 0.2) is 0 Å². The lowest BCUT2D eigenvalue weighted by atomic mass is 9.46. The van der Waals surface area contributed by atoms with Gasteiger partial charge in [0.25, 0.3) is 0 Å². The first-order valence-corrected chi connectivity index (χ1v) is 6.16. The Hall–Kier alpha value is -0.570. The Balaban J connectivity index is 2.01. The number of carbonyl (C=O) groups excluding carboxylic acids is 1. The van der Waals surface area contributed by atoms with Crippen molar-refractivity contribution in [3.8, 4) is 0 Å². The zero-order valence-electron chi connectivity index (χ0n) is 11.0. The van der Waals surface area contributed by atoms with Crippen molar-refractivity contribution in [2.45, 2.75) is 58.6 Å². The van der Waals surface area contributed by atoms with Gasteiger partial charge in [0, 0.05) is 5.54 Å². The van der Waals surface area contributed by atoms with Crippen molar-refractivity contribution < 1.29 is 9.53 Å². The summed E-state index contributed by atoms with van der Waals surface area (Å²) in [5.74, 6) is 0.0244. The SMILES string of the molecule is CC(C)(C)OC(=O)C1CC2(CCN2)C1(C)C. The number of rotatable bonds is 1. The van der Waals surface area contributed by atoms with Crippen LogP contribution in [0.5, 0.6) is 0 Å². The fourth-order valence-corrected chi connectivity index (χ4v) is 2.97. The van der Waals surface area contributed by atoms with Gasteiger partial charge in [-0.1, -0.05) is 13.8 Å². The summed E-state index contributed by atoms with van der Waals surface area (Å²) in [7, 11) is 0. The first-order chi connectivity index (χ1) is 7.18. The van der Waals surface area contributed by atoms with Crippen LogP contribution >= 0.6 is 0 Å². The van der Waals surface area contributed by atoms with E-state index in [4.69, 9.17) is 4.74 Å². The number of nitrogens with one attached hydrogen (secondary N) is 1. The maximum Gasteiger partial charge on any atom is 0.310 e. The van der Waals surface area contributed by atoms with Gasteiger partial charge in [0.2, 0.25) is 0 Å². The average molecular weight is 225 g/mol. The van der Waals surface area contributed by atoms with Gasteiger partial charge in [-0.05, 0) is 45.6 Å². The van der Waals surface area contributed by atoms with Gasteiger partial charge in [-0.2, -0.15) is 0 Å². The molecule has 0 amide bonds. The summed E-state index contributed by atoms with van der Waals surface area (Å²) in [4.78, 5) is 12.0. The second-order valence-corrected chi connectivity index (χ2v) is 6.77. The summed E-state index contributed by atoms with van der Waals surface area (Å²) < 4.78 is 5.47. The van der Waals surface area contributed by atoms with Crippen molar-refractivity contribution in [3.05, 3.63) is 0 Å². The Morgan fingerprint density at radius 3 is 2.25 bits per heavy atom. The van der Waals surface area contributed by atoms with E-state index in [0.29, 0.717) is 0 Å². The molecule has 1 spiro atoms. The van der Waals surface area contributed by atoms with Crippen LogP contribution in [-0.2, 0) is 9.53 Å². The van der Waals surface area contributed by atoms with Crippen molar-refractivity contribution in [2.75, 3.05) is 6.54 Å². The van der Waals surface area contributed by atoms with Crippen LogP contribution in [0.2, 0.25) is 0 Å². The van der Waals surface area contributed by atoms with Gasteiger partial charge in [-0.25, -0.2) is 0 Å². The molecule has 1 saturated carbocycles. The number of carbonyl (C=O) groups is 1. The molecule has 1 aliphatic carbocycles. The molecule has 1 heterocycles. The molecule has 92 valence electrons. The molecule has 1 saturated heterocycles. The van der Waals surface area contributed by atoms with Gasteiger partial charge >= 0.3 is 5.97 Å². The van der Waals surface area contributed by atoms with Crippen LogP contribution in [0.15, 0.2) is 0 Å². The first-order valence-electron chi connectivity index (χ1n) is 6.16. The fourth-order valence-electron chi connectivity index (χ4n) is 2.97. The molecule has 16 heavy (non-hydrogen) atoms. The molecular formula is C13H23NO2. The number of esters is 1. The smallest absolute Gasteiger partial charge is 0.310 e. The van der Waals surface area contributed by atoms with Crippen LogP contribution in [0.1, 0.15) is 47.5 Å². The van der Waals surface area contributed by atoms with Crippen molar-refractivity contribution in [3.63, 3.8) is 0 Å². The van der Waals surface area contributed by atoms with E-state index >= 15 is 0 Å². The molecule has 0 aromatic rings. The Bertz CT molecular complexity index is 310. The highest BCUT2D eigenvalue weighted by Crippen LogP contribution is 2.59. The molecule has 2 atom stereocenters. The van der Waals surface area contributed by atoms with Crippen molar-refractivity contribution >= 4 is 5.97 Å². The summed E-state index contributed by atoms with van der Waals surface area (Å²) in [6, 6.07) is 0. The predicted octanol–water partition coefficient (Wildman–Crippen LogP) is 2.11. The summed E-state index contributed by atoms with van der Waals surface area (Å²) >= 11 is 0. The summed E-state index contributed by atoms with van der Waals surface area (Å²) in [6.45, 7) is 11.2. The maximum absolute atomic E-state index is 12.0. The quantitative estimate of drug-likeness (QED) is 0.695. The highest BCUT2D eigenvalue weighted by Gasteiger charge is 2.65. The first kappa shape index (κ1) is 11.9. The molecule has 3 heteroatoms. The third kappa shape index (κ3) is 1.56. The normalized spacial score (nSPS) is 36.4. The molecule has 0 aromatic carbocycles. The van der Waals surface area contributed by atoms with E-state index in [1.54, 1.807) is 0 Å². The zero-order chi connectivity index (χ0) is 12.2. The molecule has 2 aliphatic rings. The molecule has 3 nitrogen and oxygen atoms in total. The zero-order valence-corrected chi connectivity index (χ0v) is 11.0. The van der Waals surface area contributed by atoms with E-state index in [9.17, 15) is 4.79 Å². The minimum Gasteiger partial charge on any atom is -0.460 e. The second kappa shape index (κ2) is 3.22. The van der Waals surface area contributed by atoms with E-state index in [0.717, 1.165) is 13.0 Å². The molecule has 0 bridgehead atoms. The molecule has 1 aliphatic heterocycles. The minimum absolute atomic E-state index is 0.0307. The molecular weight excluding hydrogens is 202 g/mol. The lowest BCUT2D eigenvalue weighted by molar-refractivity contribution is -0.189. The third-order valence-corrected chi connectivity index (χ3v) is 4.36. The Morgan fingerprint density at radius 2 is 1.94 bits per heavy atom. The summed E-state index contributed by atoms with van der Waals surface area (Å²) in [6.07, 6.45) is 2.13. The third-order valence-electron chi connectivity index (χ3n) is 4.36. The van der Waals surface area contributed by atoms with E-state index in [2.05, 4.69) is 19.2 Å². The molecule has 2 unspecified atom stereocenters. The molecule has 1 N–H and O–H groups in total. The Kier molecular flexibility index (Phi) is 2.40. The van der Waals surface area contributed by atoms with E-state index in [-0.39, 0.29) is 28.4 Å². The predicted molar refractivity (Wildman–Crippen MR) is 63.1 cm³/mol. The lowest BCUT2D eigenvalue weighted by Gasteiger charge is -2.66. The van der Waals surface area contributed by atoms with Gasteiger partial charge in [-0.15, -0.1) is 0 Å². The van der Waals surface area contributed by atoms with Crippen LogP contribution in [0.4, 0.5) is 0 Å². The number of ether oxygens (including phenoxy) is 1. The number of hydrogen-bond donors (Lipinski definition) is 1. The fraction of sp³-hybridized carbons (Fsp3) is 0.923. The van der Waals surface area contributed by atoms with E-state index in [1.807, 2.05) is 20.8 Å². The highest BCUT2D eigenvalue weighted by molar-refractivity contribution is 5.76. The second-order valence-electron chi connectivity index (χ2n) is 6.77. The molecule has 0 aromatic heterocycles. The van der Waals surface area contributed by atoms with Gasteiger partial charge < -0.3 is 10.1 Å². The van der Waals surface area contributed by atoms with Crippen LogP contribution in [0.25, 0.3) is 0 Å². The van der Waals surface area contributed by atoms with Gasteiger partial charge in [-0.3, -0.25) is 4.79 Å². The monoisotopic (exact) mass is 225 g/mol. The topological polar surface area (TPSA) is 38.3 Å². The van der Waals surface area contributed by atoms with Gasteiger partial charge in [0.1, 0.15) is 5.60 Å². The van der Waals surface area contributed by atoms with Crippen LogP contribution in [-0.4, -0.2) is 23.7 Å². The van der Waals surface area contributed by atoms with Crippen molar-refractivity contribution in [1.29, 1.82) is 0 Å². The summed E-state index contributed by atoms with van der Waals surface area (Å²) in [5, 5.41) is 3.49. The van der Waals surface area contributed by atoms with Crippen molar-refractivity contribution in [2.24, 2.45) is 11.3 Å². The van der Waals surface area contributed by atoms with E-state index < -0.39 is 0 Å². The van der Waals surface area contributed by atoms with E-state index in [1.165, 1.54) is 6.42 Å². The Morgan fingerprint density at radius 1 is 1.38 bits per heavy atom. The lowest BCUT2D eigenvalue weighted by Crippen LogP contribution is -2.76. The largest absolute Gasteiger partial charge is 0.460 e. The van der Waals surface area contributed by atoms with Crippen LogP contribution in [0, 0.1) is 11.3 Å². The number of hydrogen-bond acceptors (Lipinski definition) is 3. The highest BCUT2D eigenvalue weighted by atomic mass is 16.6. The molecule has 2 rings (SSSR count). The Labute approximate surface area is 97.9 Å². The standard InChI is InChI=1S/C13H23NO2/c1-11(2,3)16-10(15)9-8-13(6-7-14-13)12(9,4)5/h9,14H,6-8H2,1-5H3. The van der Waals surface area contributed by atoms with Crippen LogP contribution in [0.3, 0.4) is 0 Å².